The molecule has 4 heteroatoms. The Kier molecular flexibility index (Phi) is 5.39. The molecule has 1 aromatic carbocycles. The molecule has 0 aromatic heterocycles. The molecule has 2 atom stereocenters. The van der Waals surface area contributed by atoms with Crippen molar-refractivity contribution in [2.75, 3.05) is 33.7 Å². The summed E-state index contributed by atoms with van der Waals surface area (Å²) in [6.45, 7) is 2.88. The Morgan fingerprint density at radius 2 is 2.05 bits per heavy atom. The standard InChI is InChI=1S/C15H23BrN2O/c1-17(2)14-4-3-9-18(10-14)11-15(19)12-5-7-13(16)8-6-12/h5-8,14-15,19H,3-4,9-11H2,1-2H3. The van der Waals surface area contributed by atoms with Crippen LogP contribution in [0, 0.1) is 0 Å². The number of aliphatic hydroxyl groups is 1. The van der Waals surface area contributed by atoms with Gasteiger partial charge in [0.2, 0.25) is 0 Å². The number of likely N-dealkylation sites (N-methyl/N-ethyl adjacent to an activating group) is 1. The molecule has 19 heavy (non-hydrogen) atoms. The molecule has 0 aliphatic carbocycles. The van der Waals surface area contributed by atoms with Gasteiger partial charge in [-0.2, -0.15) is 0 Å². The maximum Gasteiger partial charge on any atom is 0.0916 e. The number of benzene rings is 1. The number of halogens is 1. The van der Waals surface area contributed by atoms with Crippen molar-refractivity contribution in [1.29, 1.82) is 0 Å². The molecule has 1 aromatic rings. The largest absolute Gasteiger partial charge is 0.387 e. The van der Waals surface area contributed by atoms with E-state index in [1.807, 2.05) is 24.3 Å². The first kappa shape index (κ1) is 15.0. The van der Waals surface area contributed by atoms with Crippen LogP contribution in [-0.2, 0) is 0 Å². The lowest BCUT2D eigenvalue weighted by molar-refractivity contribution is 0.0722. The highest BCUT2D eigenvalue weighted by molar-refractivity contribution is 9.10. The van der Waals surface area contributed by atoms with Gasteiger partial charge in [-0.25, -0.2) is 0 Å². The number of aliphatic hydroxyl groups excluding tert-OH is 1. The van der Waals surface area contributed by atoms with E-state index in [-0.39, 0.29) is 0 Å². The maximum atomic E-state index is 10.3. The van der Waals surface area contributed by atoms with Gasteiger partial charge < -0.3 is 10.0 Å². The first-order valence-corrected chi connectivity index (χ1v) is 7.68. The van der Waals surface area contributed by atoms with Crippen molar-refractivity contribution in [3.05, 3.63) is 34.3 Å². The number of hydrogen-bond acceptors (Lipinski definition) is 3. The summed E-state index contributed by atoms with van der Waals surface area (Å²) in [6, 6.07) is 8.56. The van der Waals surface area contributed by atoms with Crippen LogP contribution >= 0.6 is 15.9 Å². The average Bonchev–Trinajstić information content (AvgIpc) is 2.39. The number of hydrogen-bond donors (Lipinski definition) is 1. The van der Waals surface area contributed by atoms with Crippen molar-refractivity contribution in [3.8, 4) is 0 Å². The van der Waals surface area contributed by atoms with Gasteiger partial charge in [-0.1, -0.05) is 28.1 Å². The molecule has 1 aliphatic heterocycles. The molecule has 1 saturated heterocycles. The van der Waals surface area contributed by atoms with Gasteiger partial charge in [-0.3, -0.25) is 4.90 Å². The molecule has 1 fully saturated rings. The highest BCUT2D eigenvalue weighted by atomic mass is 79.9. The minimum atomic E-state index is -0.394. The minimum absolute atomic E-state index is 0.394. The van der Waals surface area contributed by atoms with Crippen LogP contribution in [-0.4, -0.2) is 54.7 Å². The molecule has 2 unspecified atom stereocenters. The summed E-state index contributed by atoms with van der Waals surface area (Å²) in [6.07, 6.45) is 2.09. The number of piperidine rings is 1. The highest BCUT2D eigenvalue weighted by Crippen LogP contribution is 2.20. The van der Waals surface area contributed by atoms with Crippen molar-refractivity contribution in [3.63, 3.8) is 0 Å². The van der Waals surface area contributed by atoms with Gasteiger partial charge >= 0.3 is 0 Å². The lowest BCUT2D eigenvalue weighted by Crippen LogP contribution is -2.46. The summed E-state index contributed by atoms with van der Waals surface area (Å²) in [4.78, 5) is 4.67. The molecule has 1 aliphatic rings. The third-order valence-electron chi connectivity index (χ3n) is 3.90. The number of likely N-dealkylation sites (tertiary alicyclic amines) is 1. The van der Waals surface area contributed by atoms with E-state index in [2.05, 4.69) is 39.8 Å². The van der Waals surface area contributed by atoms with Crippen molar-refractivity contribution < 1.29 is 5.11 Å². The van der Waals surface area contributed by atoms with Gasteiger partial charge in [0.15, 0.2) is 0 Å². The van der Waals surface area contributed by atoms with Gasteiger partial charge in [0, 0.05) is 23.6 Å². The van der Waals surface area contributed by atoms with Crippen molar-refractivity contribution >= 4 is 15.9 Å². The van der Waals surface area contributed by atoms with Crippen LogP contribution in [0.25, 0.3) is 0 Å². The zero-order valence-corrected chi connectivity index (χ0v) is 13.3. The molecule has 3 nitrogen and oxygen atoms in total. The fourth-order valence-corrected chi connectivity index (χ4v) is 2.92. The SMILES string of the molecule is CN(C)C1CCCN(CC(O)c2ccc(Br)cc2)C1. The van der Waals surface area contributed by atoms with Crippen LogP contribution in [0.15, 0.2) is 28.7 Å². The topological polar surface area (TPSA) is 26.7 Å². The Morgan fingerprint density at radius 3 is 2.68 bits per heavy atom. The maximum absolute atomic E-state index is 10.3. The van der Waals surface area contributed by atoms with Crippen LogP contribution in [0.1, 0.15) is 24.5 Å². The van der Waals surface area contributed by atoms with Crippen LogP contribution in [0.3, 0.4) is 0 Å². The van der Waals surface area contributed by atoms with E-state index in [1.165, 1.54) is 12.8 Å². The van der Waals surface area contributed by atoms with Crippen LogP contribution in [0.4, 0.5) is 0 Å². The normalized spacial score (nSPS) is 22.7. The average molecular weight is 327 g/mol. The molecule has 0 amide bonds. The van der Waals surface area contributed by atoms with Crippen LogP contribution in [0.2, 0.25) is 0 Å². The Morgan fingerprint density at radius 1 is 1.37 bits per heavy atom. The fraction of sp³-hybridized carbons (Fsp3) is 0.600. The summed E-state index contributed by atoms with van der Waals surface area (Å²) >= 11 is 3.42. The molecule has 106 valence electrons. The second-order valence-electron chi connectivity index (χ2n) is 5.59. The number of nitrogens with zero attached hydrogens (tertiary/aromatic N) is 2. The van der Waals surface area contributed by atoms with Gasteiger partial charge in [-0.15, -0.1) is 0 Å². The van der Waals surface area contributed by atoms with E-state index >= 15 is 0 Å². The third kappa shape index (κ3) is 4.28. The van der Waals surface area contributed by atoms with E-state index in [0.717, 1.165) is 29.7 Å². The minimum Gasteiger partial charge on any atom is -0.387 e. The molecule has 0 radical (unpaired) electrons. The van der Waals surface area contributed by atoms with E-state index < -0.39 is 6.10 Å². The van der Waals surface area contributed by atoms with Gasteiger partial charge in [0.25, 0.3) is 0 Å². The van der Waals surface area contributed by atoms with Crippen molar-refractivity contribution in [1.82, 2.24) is 9.80 Å². The van der Waals surface area contributed by atoms with E-state index in [0.29, 0.717) is 6.04 Å². The molecule has 1 heterocycles. The van der Waals surface area contributed by atoms with Crippen molar-refractivity contribution in [2.45, 2.75) is 25.0 Å². The molecular formula is C15H23BrN2O. The molecule has 0 saturated carbocycles. The monoisotopic (exact) mass is 326 g/mol. The first-order valence-electron chi connectivity index (χ1n) is 6.88. The molecule has 0 spiro atoms. The zero-order valence-electron chi connectivity index (χ0n) is 11.7. The van der Waals surface area contributed by atoms with Gasteiger partial charge in [0.1, 0.15) is 0 Å². The van der Waals surface area contributed by atoms with Crippen LogP contribution < -0.4 is 0 Å². The summed E-state index contributed by atoms with van der Waals surface area (Å²) in [5, 5.41) is 10.3. The highest BCUT2D eigenvalue weighted by Gasteiger charge is 2.23. The second kappa shape index (κ2) is 6.84. The quantitative estimate of drug-likeness (QED) is 0.921. The molecular weight excluding hydrogens is 304 g/mol. The second-order valence-corrected chi connectivity index (χ2v) is 6.50. The van der Waals surface area contributed by atoms with E-state index in [1.54, 1.807) is 0 Å². The fourth-order valence-electron chi connectivity index (χ4n) is 2.65. The molecule has 1 N–H and O–H groups in total. The van der Waals surface area contributed by atoms with E-state index in [9.17, 15) is 5.11 Å². The summed E-state index contributed by atoms with van der Waals surface area (Å²) in [5.74, 6) is 0. The van der Waals surface area contributed by atoms with E-state index in [4.69, 9.17) is 0 Å². The summed E-state index contributed by atoms with van der Waals surface area (Å²) in [5.41, 5.74) is 0.996. The third-order valence-corrected chi connectivity index (χ3v) is 4.43. The van der Waals surface area contributed by atoms with Gasteiger partial charge in [0.05, 0.1) is 6.10 Å². The number of β-amino-alcohol motifs (C(OH)–C–C–N with tert-alkyl or cyclic N) is 1. The Balaban J connectivity index is 1.91. The number of rotatable bonds is 4. The lowest BCUT2D eigenvalue weighted by Gasteiger charge is -2.37. The van der Waals surface area contributed by atoms with Gasteiger partial charge in [-0.05, 0) is 51.2 Å². The Hall–Kier alpha value is -0.420. The summed E-state index contributed by atoms with van der Waals surface area (Å²) < 4.78 is 1.05. The Labute approximate surface area is 124 Å². The predicted molar refractivity (Wildman–Crippen MR) is 82.3 cm³/mol. The summed E-state index contributed by atoms with van der Waals surface area (Å²) in [7, 11) is 4.28. The smallest absolute Gasteiger partial charge is 0.0916 e. The Bertz CT molecular complexity index is 394. The molecule has 0 bridgehead atoms. The predicted octanol–water partition coefficient (Wildman–Crippen LogP) is 2.51. The first-order chi connectivity index (χ1) is 9.06. The van der Waals surface area contributed by atoms with Crippen LogP contribution in [0.5, 0.6) is 0 Å². The zero-order chi connectivity index (χ0) is 13.8. The van der Waals surface area contributed by atoms with Crippen molar-refractivity contribution in [2.24, 2.45) is 0 Å². The molecule has 2 rings (SSSR count). The lowest BCUT2D eigenvalue weighted by atomic mass is 10.0.